The van der Waals surface area contributed by atoms with E-state index in [4.69, 9.17) is 14.1 Å². The molecule has 1 atom stereocenters. The van der Waals surface area contributed by atoms with Gasteiger partial charge in [-0.25, -0.2) is 9.79 Å². The lowest BCUT2D eigenvalue weighted by Crippen LogP contribution is -2.28. The van der Waals surface area contributed by atoms with E-state index in [-0.39, 0.29) is 17.3 Å². The standard InChI is InChI=1S/C34H39N3O4S/c1-7-40-33(39)23-10-13-26(14-11-23)37-21(2)17-24(22(37)3)19-36-32-30(31(38)35-20-27-9-8-16-41-27)28-15-12-25(34(4,5)6)18-29(28)42-32/h8-11,13-14,16-17,19,25H,7,12,15,18,20H2,1-6H3,(H,35,38)/t25-/m1/s1. The zero-order valence-corrected chi connectivity index (χ0v) is 26.1. The van der Waals surface area contributed by atoms with Gasteiger partial charge in [0.25, 0.3) is 5.91 Å². The van der Waals surface area contributed by atoms with Crippen molar-refractivity contribution in [3.63, 3.8) is 0 Å². The molecule has 0 fully saturated rings. The molecular formula is C34H39N3O4S. The fourth-order valence-electron chi connectivity index (χ4n) is 5.71. The quantitative estimate of drug-likeness (QED) is 0.169. The van der Waals surface area contributed by atoms with Gasteiger partial charge in [0, 0.05) is 33.7 Å². The van der Waals surface area contributed by atoms with E-state index in [9.17, 15) is 9.59 Å². The molecule has 5 rings (SSSR count). The number of carbonyl (C=O) groups is 2. The van der Waals surface area contributed by atoms with E-state index in [1.807, 2.05) is 37.4 Å². The Morgan fingerprint density at radius 1 is 1.19 bits per heavy atom. The SMILES string of the molecule is CCOC(=O)c1ccc(-n2c(C)cc(C=Nc3sc4c(c3C(=O)NCc3ccco3)CC[C@@H](C(C)(C)C)C4)c2C)cc1. The van der Waals surface area contributed by atoms with Gasteiger partial charge in [0.2, 0.25) is 0 Å². The van der Waals surface area contributed by atoms with Crippen LogP contribution in [-0.2, 0) is 24.1 Å². The molecule has 4 aromatic rings. The first-order valence-electron chi connectivity index (χ1n) is 14.5. The molecule has 0 unspecified atom stereocenters. The van der Waals surface area contributed by atoms with Crippen LogP contribution in [0.15, 0.2) is 58.1 Å². The van der Waals surface area contributed by atoms with Crippen molar-refractivity contribution < 1.29 is 18.7 Å². The molecule has 220 valence electrons. The number of aryl methyl sites for hydroxylation is 1. The van der Waals surface area contributed by atoms with E-state index in [0.717, 1.165) is 52.5 Å². The summed E-state index contributed by atoms with van der Waals surface area (Å²) in [6, 6.07) is 13.2. The molecule has 1 N–H and O–H groups in total. The van der Waals surface area contributed by atoms with Gasteiger partial charge in [-0.2, -0.15) is 0 Å². The van der Waals surface area contributed by atoms with Crippen molar-refractivity contribution in [3.8, 4) is 5.69 Å². The van der Waals surface area contributed by atoms with Crippen molar-refractivity contribution in [1.82, 2.24) is 9.88 Å². The molecule has 3 aromatic heterocycles. The molecule has 1 aromatic carbocycles. The summed E-state index contributed by atoms with van der Waals surface area (Å²) in [6.07, 6.45) is 6.39. The van der Waals surface area contributed by atoms with Crippen LogP contribution in [0.3, 0.4) is 0 Å². The van der Waals surface area contributed by atoms with Crippen LogP contribution < -0.4 is 5.32 Å². The van der Waals surface area contributed by atoms with Gasteiger partial charge in [-0.1, -0.05) is 20.8 Å². The van der Waals surface area contributed by atoms with E-state index in [1.54, 1.807) is 36.7 Å². The smallest absolute Gasteiger partial charge is 0.338 e. The van der Waals surface area contributed by atoms with Crippen LogP contribution in [0.2, 0.25) is 0 Å². The number of aliphatic imine (C=N–C) groups is 1. The largest absolute Gasteiger partial charge is 0.467 e. The highest BCUT2D eigenvalue weighted by atomic mass is 32.1. The van der Waals surface area contributed by atoms with Gasteiger partial charge in [-0.05, 0) is 99.4 Å². The molecule has 1 amide bonds. The van der Waals surface area contributed by atoms with Crippen LogP contribution in [0.1, 0.15) is 88.0 Å². The number of fused-ring (bicyclic) bond motifs is 1. The summed E-state index contributed by atoms with van der Waals surface area (Å²) in [5.41, 5.74) is 6.56. The number of rotatable bonds is 8. The lowest BCUT2D eigenvalue weighted by Gasteiger charge is -2.33. The van der Waals surface area contributed by atoms with Crippen LogP contribution in [0, 0.1) is 25.2 Å². The number of hydrogen-bond donors (Lipinski definition) is 1. The zero-order chi connectivity index (χ0) is 30.0. The fourth-order valence-corrected chi connectivity index (χ4v) is 6.98. The molecule has 0 radical (unpaired) electrons. The first-order valence-corrected chi connectivity index (χ1v) is 15.3. The highest BCUT2D eigenvalue weighted by Crippen LogP contribution is 2.45. The Bertz CT molecular complexity index is 1600. The van der Waals surface area contributed by atoms with Crippen LogP contribution in [0.25, 0.3) is 5.69 Å². The van der Waals surface area contributed by atoms with Crippen molar-refractivity contribution in [2.75, 3.05) is 6.61 Å². The number of hydrogen-bond acceptors (Lipinski definition) is 6. The van der Waals surface area contributed by atoms with E-state index in [0.29, 0.717) is 36.0 Å². The molecule has 8 heteroatoms. The van der Waals surface area contributed by atoms with Gasteiger partial charge in [-0.3, -0.25) is 4.79 Å². The molecule has 0 saturated carbocycles. The average Bonchev–Trinajstić information content (AvgIpc) is 3.67. The minimum absolute atomic E-state index is 0.113. The van der Waals surface area contributed by atoms with Crippen LogP contribution in [0.4, 0.5) is 5.00 Å². The van der Waals surface area contributed by atoms with E-state index in [1.165, 1.54) is 4.88 Å². The molecule has 7 nitrogen and oxygen atoms in total. The van der Waals surface area contributed by atoms with Crippen molar-refractivity contribution in [2.45, 2.75) is 67.3 Å². The molecule has 42 heavy (non-hydrogen) atoms. The second-order valence-corrected chi connectivity index (χ2v) is 13.0. The summed E-state index contributed by atoms with van der Waals surface area (Å²) in [4.78, 5) is 31.8. The number of benzene rings is 1. The number of thiophene rings is 1. The summed E-state index contributed by atoms with van der Waals surface area (Å²) in [5, 5.41) is 3.79. The van der Waals surface area contributed by atoms with Crippen LogP contribution in [-0.4, -0.2) is 29.3 Å². The molecule has 1 aliphatic carbocycles. The number of furan rings is 1. The Labute approximate surface area is 251 Å². The second-order valence-electron chi connectivity index (χ2n) is 11.9. The molecule has 3 heterocycles. The maximum atomic E-state index is 13.6. The van der Waals surface area contributed by atoms with Gasteiger partial charge in [0.15, 0.2) is 0 Å². The Morgan fingerprint density at radius 2 is 1.95 bits per heavy atom. The number of esters is 1. The predicted octanol–water partition coefficient (Wildman–Crippen LogP) is 7.76. The van der Waals surface area contributed by atoms with Crippen LogP contribution >= 0.6 is 11.3 Å². The fraction of sp³-hybridized carbons (Fsp3) is 0.382. The van der Waals surface area contributed by atoms with Gasteiger partial charge in [0.05, 0.1) is 30.5 Å². The third kappa shape index (κ3) is 6.14. The minimum Gasteiger partial charge on any atom is -0.467 e. The van der Waals surface area contributed by atoms with Gasteiger partial charge in [0.1, 0.15) is 10.8 Å². The number of nitrogens with one attached hydrogen (secondary N) is 1. The maximum Gasteiger partial charge on any atom is 0.338 e. The maximum absolute atomic E-state index is 13.6. The third-order valence-corrected chi connectivity index (χ3v) is 9.29. The lowest BCUT2D eigenvalue weighted by molar-refractivity contribution is 0.0526. The normalized spacial score (nSPS) is 15.1. The third-order valence-electron chi connectivity index (χ3n) is 8.13. The van der Waals surface area contributed by atoms with Gasteiger partial charge >= 0.3 is 5.97 Å². The Morgan fingerprint density at radius 3 is 2.62 bits per heavy atom. The first kappa shape index (κ1) is 29.6. The van der Waals surface area contributed by atoms with Crippen LogP contribution in [0.5, 0.6) is 0 Å². The van der Waals surface area contributed by atoms with E-state index in [2.05, 4.69) is 43.6 Å². The Hall–Kier alpha value is -3.91. The van der Waals surface area contributed by atoms with E-state index >= 15 is 0 Å². The van der Waals surface area contributed by atoms with Crippen molar-refractivity contribution in [3.05, 3.63) is 93.0 Å². The number of ether oxygens (including phenoxy) is 1. The average molecular weight is 586 g/mol. The zero-order valence-electron chi connectivity index (χ0n) is 25.2. The molecule has 0 saturated heterocycles. The predicted molar refractivity (Wildman–Crippen MR) is 168 cm³/mol. The van der Waals surface area contributed by atoms with E-state index < -0.39 is 0 Å². The monoisotopic (exact) mass is 585 g/mol. The highest BCUT2D eigenvalue weighted by Gasteiger charge is 2.33. The second kappa shape index (κ2) is 12.1. The topological polar surface area (TPSA) is 85.8 Å². The molecule has 0 spiro atoms. The van der Waals surface area contributed by atoms with Gasteiger partial charge < -0.3 is 19.0 Å². The first-order chi connectivity index (χ1) is 20.1. The number of aromatic nitrogens is 1. The summed E-state index contributed by atoms with van der Waals surface area (Å²) in [6.45, 7) is 13.5. The summed E-state index contributed by atoms with van der Waals surface area (Å²) in [7, 11) is 0. The summed E-state index contributed by atoms with van der Waals surface area (Å²) < 4.78 is 12.7. The Balaban J connectivity index is 1.45. The highest BCUT2D eigenvalue weighted by molar-refractivity contribution is 7.16. The number of amides is 1. The summed E-state index contributed by atoms with van der Waals surface area (Å²) in [5.74, 6) is 0.841. The molecule has 1 aliphatic rings. The van der Waals surface area contributed by atoms with Crippen molar-refractivity contribution in [2.24, 2.45) is 16.3 Å². The molecule has 0 bridgehead atoms. The molecular weight excluding hydrogens is 546 g/mol. The lowest BCUT2D eigenvalue weighted by atomic mass is 9.72. The number of carbonyl (C=O) groups excluding carboxylic acids is 2. The number of nitrogens with zero attached hydrogens (tertiary/aromatic N) is 2. The molecule has 0 aliphatic heterocycles. The minimum atomic E-state index is -0.325. The van der Waals surface area contributed by atoms with Crippen molar-refractivity contribution >= 4 is 34.4 Å². The summed E-state index contributed by atoms with van der Waals surface area (Å²) >= 11 is 1.64. The van der Waals surface area contributed by atoms with Gasteiger partial charge in [-0.15, -0.1) is 11.3 Å². The Kier molecular flexibility index (Phi) is 8.55. The van der Waals surface area contributed by atoms with Crippen molar-refractivity contribution in [1.29, 1.82) is 0 Å².